The molecule has 2 unspecified atom stereocenters. The van der Waals surface area contributed by atoms with Crippen LogP contribution < -0.4 is 11.1 Å². The smallest absolute Gasteiger partial charge is 0.237 e. The third-order valence-electron chi connectivity index (χ3n) is 2.86. The summed E-state index contributed by atoms with van der Waals surface area (Å²) in [5.74, 6) is 0.181. The van der Waals surface area contributed by atoms with Crippen molar-refractivity contribution >= 4 is 33.2 Å². The molecule has 3 N–H and O–H groups in total. The molecule has 1 amide bonds. The molecule has 3 nitrogen and oxygen atoms in total. The van der Waals surface area contributed by atoms with Crippen LogP contribution >= 0.6 is 27.3 Å². The zero-order chi connectivity index (χ0) is 12.8. The van der Waals surface area contributed by atoms with Gasteiger partial charge in [-0.2, -0.15) is 0 Å². The van der Waals surface area contributed by atoms with Crippen LogP contribution in [0.15, 0.2) is 15.9 Å². The van der Waals surface area contributed by atoms with Gasteiger partial charge in [-0.1, -0.05) is 20.3 Å². The fraction of sp³-hybridized carbons (Fsp3) is 0.583. The quantitative estimate of drug-likeness (QED) is 0.847. The first-order chi connectivity index (χ1) is 8.04. The largest absolute Gasteiger partial charge is 0.354 e. The number of hydrogen-bond donors (Lipinski definition) is 2. The van der Waals surface area contributed by atoms with Crippen LogP contribution in [0.3, 0.4) is 0 Å². The van der Waals surface area contributed by atoms with Gasteiger partial charge in [-0.05, 0) is 40.4 Å². The van der Waals surface area contributed by atoms with Crippen molar-refractivity contribution in [2.45, 2.75) is 32.7 Å². The molecule has 1 heterocycles. The number of carbonyl (C=O) groups is 1. The second-order valence-electron chi connectivity index (χ2n) is 4.16. The number of nitrogens with two attached hydrogens (primary N) is 1. The summed E-state index contributed by atoms with van der Waals surface area (Å²) in [7, 11) is 0. The van der Waals surface area contributed by atoms with Crippen molar-refractivity contribution in [1.82, 2.24) is 5.32 Å². The molecular weight excluding hydrogens is 300 g/mol. The molecule has 0 radical (unpaired) electrons. The first-order valence-corrected chi connectivity index (χ1v) is 7.43. The predicted octanol–water partition coefficient (Wildman–Crippen LogP) is 2.54. The molecule has 1 rings (SSSR count). The van der Waals surface area contributed by atoms with E-state index < -0.39 is 6.04 Å². The highest BCUT2D eigenvalue weighted by Gasteiger charge is 2.18. The van der Waals surface area contributed by atoms with Crippen molar-refractivity contribution in [3.63, 3.8) is 0 Å². The Bertz CT molecular complexity index is 367. The normalized spacial score (nSPS) is 14.4. The average Bonchev–Trinajstić information content (AvgIpc) is 2.72. The molecule has 0 spiro atoms. The second-order valence-corrected chi connectivity index (χ2v) is 6.71. The Morgan fingerprint density at radius 1 is 1.59 bits per heavy atom. The van der Waals surface area contributed by atoms with Gasteiger partial charge in [0.05, 0.1) is 9.83 Å². The highest BCUT2D eigenvalue weighted by Crippen LogP contribution is 2.22. The van der Waals surface area contributed by atoms with E-state index in [2.05, 4.69) is 27.3 Å². The van der Waals surface area contributed by atoms with Crippen LogP contribution in [-0.2, 0) is 11.2 Å². The molecule has 0 aromatic carbocycles. The third-order valence-corrected chi connectivity index (χ3v) is 4.54. The lowest BCUT2D eigenvalue weighted by Crippen LogP contribution is -2.45. The molecule has 5 heteroatoms. The van der Waals surface area contributed by atoms with E-state index in [9.17, 15) is 4.79 Å². The molecule has 0 aliphatic carbocycles. The number of amides is 1. The summed E-state index contributed by atoms with van der Waals surface area (Å²) < 4.78 is 1.12. The molecule has 96 valence electrons. The van der Waals surface area contributed by atoms with Crippen LogP contribution in [0.5, 0.6) is 0 Å². The van der Waals surface area contributed by atoms with Crippen LogP contribution in [0.2, 0.25) is 0 Å². The van der Waals surface area contributed by atoms with E-state index in [0.717, 1.165) is 16.6 Å². The van der Waals surface area contributed by atoms with Crippen LogP contribution in [0.25, 0.3) is 0 Å². The minimum absolute atomic E-state index is 0.0463. The minimum Gasteiger partial charge on any atom is -0.354 e. The Kier molecular flexibility index (Phi) is 6.16. The molecule has 0 fully saturated rings. The van der Waals surface area contributed by atoms with E-state index >= 15 is 0 Å². The zero-order valence-corrected chi connectivity index (χ0v) is 12.6. The van der Waals surface area contributed by atoms with Gasteiger partial charge in [-0.25, -0.2) is 0 Å². The van der Waals surface area contributed by atoms with E-state index in [1.165, 1.54) is 4.88 Å². The lowest BCUT2D eigenvalue weighted by Gasteiger charge is -2.17. The summed E-state index contributed by atoms with van der Waals surface area (Å²) in [6.45, 7) is 4.69. The molecule has 1 aromatic heterocycles. The van der Waals surface area contributed by atoms with Gasteiger partial charge >= 0.3 is 0 Å². The maximum Gasteiger partial charge on any atom is 0.237 e. The van der Waals surface area contributed by atoms with Gasteiger partial charge in [-0.3, -0.25) is 4.79 Å². The Labute approximate surface area is 115 Å². The Morgan fingerprint density at radius 3 is 2.82 bits per heavy atom. The average molecular weight is 319 g/mol. The number of nitrogens with one attached hydrogen (secondary N) is 1. The highest BCUT2D eigenvalue weighted by molar-refractivity contribution is 9.11. The molecule has 2 atom stereocenters. The molecular formula is C12H19BrN2OS. The van der Waals surface area contributed by atoms with Gasteiger partial charge in [-0.15, -0.1) is 11.3 Å². The van der Waals surface area contributed by atoms with Crippen molar-refractivity contribution in [3.8, 4) is 0 Å². The monoisotopic (exact) mass is 318 g/mol. The number of hydrogen-bond acceptors (Lipinski definition) is 3. The summed E-state index contributed by atoms with van der Waals surface area (Å²) in [5.41, 5.74) is 5.84. The summed E-state index contributed by atoms with van der Waals surface area (Å²) >= 11 is 5.11. The van der Waals surface area contributed by atoms with Crippen LogP contribution in [-0.4, -0.2) is 18.5 Å². The zero-order valence-electron chi connectivity index (χ0n) is 10.2. The van der Waals surface area contributed by atoms with E-state index in [1.807, 2.05) is 19.9 Å². The summed E-state index contributed by atoms with van der Waals surface area (Å²) in [6.07, 6.45) is 1.78. The lowest BCUT2D eigenvalue weighted by molar-refractivity contribution is -0.123. The van der Waals surface area contributed by atoms with Crippen LogP contribution in [0.4, 0.5) is 0 Å². The summed E-state index contributed by atoms with van der Waals surface area (Å²) in [4.78, 5) is 13.0. The molecule has 0 aliphatic rings. The Balaban J connectivity index is 2.29. The van der Waals surface area contributed by atoms with E-state index in [0.29, 0.717) is 6.54 Å². The summed E-state index contributed by atoms with van der Waals surface area (Å²) in [6, 6.07) is 3.69. The molecule has 17 heavy (non-hydrogen) atoms. The molecule has 1 aromatic rings. The van der Waals surface area contributed by atoms with Crippen molar-refractivity contribution in [2.75, 3.05) is 6.54 Å². The van der Waals surface area contributed by atoms with Crippen molar-refractivity contribution in [3.05, 3.63) is 20.8 Å². The van der Waals surface area contributed by atoms with Crippen LogP contribution in [0, 0.1) is 5.92 Å². The Morgan fingerprint density at radius 2 is 2.29 bits per heavy atom. The fourth-order valence-corrected chi connectivity index (χ4v) is 2.91. The number of halogens is 1. The van der Waals surface area contributed by atoms with Crippen molar-refractivity contribution in [1.29, 1.82) is 0 Å². The first-order valence-electron chi connectivity index (χ1n) is 5.82. The Hall–Kier alpha value is -0.390. The van der Waals surface area contributed by atoms with Gasteiger partial charge in [0.1, 0.15) is 0 Å². The molecule has 0 saturated heterocycles. The molecule has 0 saturated carbocycles. The van der Waals surface area contributed by atoms with Gasteiger partial charge in [0, 0.05) is 11.4 Å². The topological polar surface area (TPSA) is 55.1 Å². The minimum atomic E-state index is -0.393. The van der Waals surface area contributed by atoms with Crippen molar-refractivity contribution < 1.29 is 4.79 Å². The highest BCUT2D eigenvalue weighted by atomic mass is 79.9. The molecule has 0 aliphatic heterocycles. The lowest BCUT2D eigenvalue weighted by atomic mass is 9.99. The maximum absolute atomic E-state index is 11.7. The number of thiophene rings is 1. The first kappa shape index (κ1) is 14.7. The molecule has 0 bridgehead atoms. The maximum atomic E-state index is 11.7. The summed E-state index contributed by atoms with van der Waals surface area (Å²) in [5, 5.41) is 2.88. The van der Waals surface area contributed by atoms with Crippen LogP contribution in [0.1, 0.15) is 25.1 Å². The van der Waals surface area contributed by atoms with E-state index in [1.54, 1.807) is 11.3 Å². The fourth-order valence-electron chi connectivity index (χ4n) is 1.43. The SMILES string of the molecule is CCC(C)C(N)C(=O)NCCc1ccc(Br)s1. The predicted molar refractivity (Wildman–Crippen MR) is 76.2 cm³/mol. The van der Waals surface area contributed by atoms with Gasteiger partial charge in [0.25, 0.3) is 0 Å². The number of rotatable bonds is 6. The van der Waals surface area contributed by atoms with Gasteiger partial charge < -0.3 is 11.1 Å². The third kappa shape index (κ3) is 4.77. The second kappa shape index (κ2) is 7.13. The van der Waals surface area contributed by atoms with Crippen molar-refractivity contribution in [2.24, 2.45) is 11.7 Å². The van der Waals surface area contributed by atoms with E-state index in [-0.39, 0.29) is 11.8 Å². The van der Waals surface area contributed by atoms with Gasteiger partial charge in [0.15, 0.2) is 0 Å². The number of carbonyl (C=O) groups excluding carboxylic acids is 1. The standard InChI is InChI=1S/C12H19BrN2OS/c1-3-8(2)11(14)12(16)15-7-6-9-4-5-10(13)17-9/h4-5,8,11H,3,6-7,14H2,1-2H3,(H,15,16). The van der Waals surface area contributed by atoms with Gasteiger partial charge in [0.2, 0.25) is 5.91 Å². The van der Waals surface area contributed by atoms with E-state index in [4.69, 9.17) is 5.73 Å².